The van der Waals surface area contributed by atoms with Gasteiger partial charge in [-0.1, -0.05) is 109 Å². The molecule has 216 valence electrons. The second-order valence-corrected chi connectivity index (χ2v) is 12.1. The minimum Gasteiger partial charge on any atom is -0.456 e. The highest BCUT2D eigenvalue weighted by atomic mass is 32.1. The first-order chi connectivity index (χ1) is 22.8. The molecule has 3 heterocycles. The molecule has 0 radical (unpaired) electrons. The van der Waals surface area contributed by atoms with Crippen LogP contribution in [0.3, 0.4) is 0 Å². The van der Waals surface area contributed by atoms with Crippen molar-refractivity contribution in [2.75, 3.05) is 0 Å². The number of rotatable bonds is 5. The van der Waals surface area contributed by atoms with Crippen LogP contribution in [0.1, 0.15) is 0 Å². The van der Waals surface area contributed by atoms with Gasteiger partial charge in [-0.2, -0.15) is 0 Å². The highest BCUT2D eigenvalue weighted by Crippen LogP contribution is 2.39. The summed E-state index contributed by atoms with van der Waals surface area (Å²) in [6, 6.07) is 49.4. The Kier molecular flexibility index (Phi) is 6.25. The zero-order valence-corrected chi connectivity index (χ0v) is 25.3. The lowest BCUT2D eigenvalue weighted by molar-refractivity contribution is 0.669. The fraction of sp³-hybridized carbons (Fsp3) is 0. The lowest BCUT2D eigenvalue weighted by Crippen LogP contribution is -2.00. The van der Waals surface area contributed by atoms with Crippen molar-refractivity contribution in [3.8, 4) is 55.9 Å². The van der Waals surface area contributed by atoms with Gasteiger partial charge in [0.2, 0.25) is 0 Å². The van der Waals surface area contributed by atoms with E-state index in [1.807, 2.05) is 66.7 Å². The highest BCUT2D eigenvalue weighted by molar-refractivity contribution is 7.21. The molecule has 5 nitrogen and oxygen atoms in total. The molecule has 6 aromatic carbocycles. The van der Waals surface area contributed by atoms with E-state index < -0.39 is 0 Å². The molecular formula is C40H24N4OS. The number of furan rings is 1. The predicted octanol–water partition coefficient (Wildman–Crippen LogP) is 10.7. The number of para-hydroxylation sites is 1. The van der Waals surface area contributed by atoms with Crippen molar-refractivity contribution in [3.63, 3.8) is 0 Å². The van der Waals surface area contributed by atoms with Crippen molar-refractivity contribution >= 4 is 43.5 Å². The molecule has 0 unspecified atom stereocenters. The molecule has 0 bridgehead atoms. The Bertz CT molecular complexity index is 2490. The zero-order valence-electron chi connectivity index (χ0n) is 24.5. The third kappa shape index (κ3) is 4.64. The lowest BCUT2D eigenvalue weighted by Gasteiger charge is -2.10. The highest BCUT2D eigenvalue weighted by Gasteiger charge is 2.19. The van der Waals surface area contributed by atoms with Gasteiger partial charge in [-0.05, 0) is 47.5 Å². The summed E-state index contributed by atoms with van der Waals surface area (Å²) in [4.78, 5) is 20.0. The maximum atomic E-state index is 6.36. The molecule has 9 aromatic rings. The average molecular weight is 609 g/mol. The molecule has 0 saturated carbocycles. The fourth-order valence-corrected chi connectivity index (χ4v) is 6.89. The van der Waals surface area contributed by atoms with Crippen molar-refractivity contribution in [2.24, 2.45) is 0 Å². The van der Waals surface area contributed by atoms with Crippen molar-refractivity contribution in [1.82, 2.24) is 19.9 Å². The zero-order chi connectivity index (χ0) is 30.5. The molecule has 0 fully saturated rings. The van der Waals surface area contributed by atoms with E-state index in [9.17, 15) is 0 Å². The monoisotopic (exact) mass is 608 g/mol. The summed E-state index contributed by atoms with van der Waals surface area (Å²) in [5, 5.41) is 2.94. The number of hydrogen-bond acceptors (Lipinski definition) is 6. The molecule has 0 atom stereocenters. The number of aromatic nitrogens is 4. The van der Waals surface area contributed by atoms with Crippen LogP contribution < -0.4 is 0 Å². The Morgan fingerprint density at radius 2 is 1.04 bits per heavy atom. The number of thiazole rings is 1. The molecule has 0 aliphatic carbocycles. The van der Waals surface area contributed by atoms with Crippen molar-refractivity contribution in [1.29, 1.82) is 0 Å². The number of hydrogen-bond donors (Lipinski definition) is 0. The third-order valence-corrected chi connectivity index (χ3v) is 9.28. The second kappa shape index (κ2) is 10.9. The average Bonchev–Trinajstić information content (AvgIpc) is 3.74. The van der Waals surface area contributed by atoms with Crippen LogP contribution in [0.25, 0.3) is 88.0 Å². The molecule has 0 aliphatic heterocycles. The Hall–Kier alpha value is -5.98. The largest absolute Gasteiger partial charge is 0.456 e. The first-order valence-electron chi connectivity index (χ1n) is 15.1. The van der Waals surface area contributed by atoms with Gasteiger partial charge in [-0.25, -0.2) is 19.9 Å². The third-order valence-electron chi connectivity index (χ3n) is 8.19. The standard InChI is InChI=1S/C40H24N4OS/c1-3-10-25(11-4-1)26-18-20-28(21-19-26)38-42-37(27-12-5-2-6-13-27)43-39(44-38)30-14-9-16-34-36(30)31-24-29(22-23-33(31)45-34)40-41-32-15-7-8-17-35(32)46-40/h1-24H. The molecule has 0 spiro atoms. The molecule has 0 saturated heterocycles. The summed E-state index contributed by atoms with van der Waals surface area (Å²) in [7, 11) is 0. The van der Waals surface area contributed by atoms with Crippen molar-refractivity contribution in [3.05, 3.63) is 146 Å². The lowest BCUT2D eigenvalue weighted by atomic mass is 10.0. The minimum absolute atomic E-state index is 0.592. The Balaban J connectivity index is 1.22. The summed E-state index contributed by atoms with van der Waals surface area (Å²) in [5.74, 6) is 1.82. The quantitative estimate of drug-likeness (QED) is 0.194. The molecular weight excluding hydrogens is 585 g/mol. The van der Waals surface area contributed by atoms with Gasteiger partial charge < -0.3 is 4.42 Å². The van der Waals surface area contributed by atoms with Crippen LogP contribution in [-0.2, 0) is 0 Å². The normalized spacial score (nSPS) is 11.5. The van der Waals surface area contributed by atoms with Crippen LogP contribution in [0.4, 0.5) is 0 Å². The van der Waals surface area contributed by atoms with Crippen LogP contribution in [0.15, 0.2) is 150 Å². The maximum absolute atomic E-state index is 6.36. The number of fused-ring (bicyclic) bond motifs is 4. The van der Waals surface area contributed by atoms with E-state index in [-0.39, 0.29) is 0 Å². The molecule has 0 aliphatic rings. The van der Waals surface area contributed by atoms with Crippen LogP contribution in [-0.4, -0.2) is 19.9 Å². The first kappa shape index (κ1) is 26.4. The van der Waals surface area contributed by atoms with Gasteiger partial charge in [-0.15, -0.1) is 11.3 Å². The SMILES string of the molecule is c1ccc(-c2ccc(-c3nc(-c4ccccc4)nc(-c4cccc5oc6ccc(-c7nc8ccccc8s7)cc6c45)n3)cc2)cc1. The summed E-state index contributed by atoms with van der Waals surface area (Å²) in [6.07, 6.45) is 0. The molecule has 3 aromatic heterocycles. The summed E-state index contributed by atoms with van der Waals surface area (Å²) in [6.45, 7) is 0. The maximum Gasteiger partial charge on any atom is 0.164 e. The Morgan fingerprint density at radius 3 is 1.80 bits per heavy atom. The number of benzene rings is 6. The van der Waals surface area contributed by atoms with Gasteiger partial charge >= 0.3 is 0 Å². The molecule has 9 rings (SSSR count). The van der Waals surface area contributed by atoms with Gasteiger partial charge in [-0.3, -0.25) is 0 Å². The molecule has 46 heavy (non-hydrogen) atoms. The van der Waals surface area contributed by atoms with E-state index in [4.69, 9.17) is 24.4 Å². The summed E-state index contributed by atoms with van der Waals surface area (Å²) < 4.78 is 7.53. The van der Waals surface area contributed by atoms with Gasteiger partial charge in [0.1, 0.15) is 16.2 Å². The predicted molar refractivity (Wildman–Crippen MR) is 187 cm³/mol. The van der Waals surface area contributed by atoms with E-state index in [2.05, 4.69) is 78.9 Å². The first-order valence-corrected chi connectivity index (χ1v) is 15.9. The topological polar surface area (TPSA) is 64.7 Å². The van der Waals surface area contributed by atoms with Gasteiger partial charge in [0.15, 0.2) is 17.5 Å². The molecule has 6 heteroatoms. The molecule has 0 amide bonds. The van der Waals surface area contributed by atoms with E-state index in [1.165, 1.54) is 10.3 Å². The van der Waals surface area contributed by atoms with E-state index in [0.29, 0.717) is 17.5 Å². The van der Waals surface area contributed by atoms with Crippen LogP contribution >= 0.6 is 11.3 Å². The Morgan fingerprint density at radius 1 is 0.435 bits per heavy atom. The van der Waals surface area contributed by atoms with E-state index >= 15 is 0 Å². The smallest absolute Gasteiger partial charge is 0.164 e. The minimum atomic E-state index is 0.592. The molecule has 0 N–H and O–H groups in total. The van der Waals surface area contributed by atoms with Crippen LogP contribution in [0.2, 0.25) is 0 Å². The van der Waals surface area contributed by atoms with Gasteiger partial charge in [0.05, 0.1) is 10.2 Å². The van der Waals surface area contributed by atoms with E-state index in [1.54, 1.807) is 11.3 Å². The Labute approximate surface area is 268 Å². The van der Waals surface area contributed by atoms with Gasteiger partial charge in [0, 0.05) is 33.0 Å². The fourth-order valence-electron chi connectivity index (χ4n) is 5.93. The second-order valence-electron chi connectivity index (χ2n) is 11.1. The van der Waals surface area contributed by atoms with Crippen LogP contribution in [0, 0.1) is 0 Å². The number of nitrogens with zero attached hydrogens (tertiary/aromatic N) is 4. The summed E-state index contributed by atoms with van der Waals surface area (Å²) in [5.41, 5.74) is 8.68. The van der Waals surface area contributed by atoms with E-state index in [0.717, 1.165) is 60.3 Å². The van der Waals surface area contributed by atoms with Gasteiger partial charge in [0.25, 0.3) is 0 Å². The summed E-state index contributed by atoms with van der Waals surface area (Å²) >= 11 is 1.69. The van der Waals surface area contributed by atoms with Crippen molar-refractivity contribution in [2.45, 2.75) is 0 Å². The van der Waals surface area contributed by atoms with Crippen molar-refractivity contribution < 1.29 is 4.42 Å². The van der Waals surface area contributed by atoms with Crippen LogP contribution in [0.5, 0.6) is 0 Å².